The molecule has 0 aromatic heterocycles. The van der Waals surface area contributed by atoms with E-state index in [0.717, 1.165) is 71.1 Å². The fourth-order valence-corrected chi connectivity index (χ4v) is 4.10. The van der Waals surface area contributed by atoms with Crippen LogP contribution in [0.15, 0.2) is 0 Å². The van der Waals surface area contributed by atoms with Gasteiger partial charge in [0, 0.05) is 25.7 Å². The van der Waals surface area contributed by atoms with Crippen molar-refractivity contribution in [3.05, 3.63) is 0 Å². The summed E-state index contributed by atoms with van der Waals surface area (Å²) in [5.41, 5.74) is 0. The summed E-state index contributed by atoms with van der Waals surface area (Å²) in [4.78, 5) is 27.9. The van der Waals surface area contributed by atoms with Gasteiger partial charge in [0.1, 0.15) is 6.10 Å². The van der Waals surface area contributed by atoms with E-state index in [1.165, 1.54) is 0 Å². The van der Waals surface area contributed by atoms with Crippen molar-refractivity contribution >= 4 is 11.9 Å². The summed E-state index contributed by atoms with van der Waals surface area (Å²) in [5, 5.41) is 9.08. The largest absolute Gasteiger partial charge is 0.481 e. The maximum absolute atomic E-state index is 12.5. The summed E-state index contributed by atoms with van der Waals surface area (Å²) in [5.74, 6) is -0.651. The Labute approximate surface area is 137 Å². The van der Waals surface area contributed by atoms with Gasteiger partial charge in [-0.2, -0.15) is 0 Å². The maximum atomic E-state index is 12.5. The number of rotatable bonds is 3. The van der Waals surface area contributed by atoms with Gasteiger partial charge in [-0.3, -0.25) is 9.59 Å². The van der Waals surface area contributed by atoms with Crippen LogP contribution in [0.5, 0.6) is 0 Å². The molecule has 3 aliphatic heterocycles. The lowest BCUT2D eigenvalue weighted by molar-refractivity contribution is -0.148. The van der Waals surface area contributed by atoms with Crippen molar-refractivity contribution in [2.75, 3.05) is 32.8 Å². The number of piperidine rings is 2. The summed E-state index contributed by atoms with van der Waals surface area (Å²) in [6.07, 6.45) is 6.30. The second-order valence-corrected chi connectivity index (χ2v) is 7.06. The Bertz CT molecular complexity index is 420. The molecule has 1 N–H and O–H groups in total. The van der Waals surface area contributed by atoms with Crippen LogP contribution in [-0.4, -0.2) is 71.7 Å². The molecule has 6 nitrogen and oxygen atoms in total. The molecule has 0 aliphatic carbocycles. The third-order valence-corrected chi connectivity index (χ3v) is 5.63. The number of likely N-dealkylation sites (tertiary alicyclic amines) is 2. The number of carbonyl (C=O) groups is 2. The Morgan fingerprint density at radius 2 is 1.61 bits per heavy atom. The summed E-state index contributed by atoms with van der Waals surface area (Å²) < 4.78 is 5.61. The lowest BCUT2D eigenvalue weighted by atomic mass is 9.93. The highest BCUT2D eigenvalue weighted by Gasteiger charge is 2.33. The van der Waals surface area contributed by atoms with Gasteiger partial charge >= 0.3 is 5.97 Å². The molecule has 0 spiro atoms. The normalized spacial score (nSPS) is 28.7. The molecule has 3 rings (SSSR count). The van der Waals surface area contributed by atoms with Gasteiger partial charge in [-0.25, -0.2) is 0 Å². The summed E-state index contributed by atoms with van der Waals surface area (Å²) in [6, 6.07) is 0.501. The lowest BCUT2D eigenvalue weighted by Gasteiger charge is -2.42. The van der Waals surface area contributed by atoms with E-state index in [4.69, 9.17) is 9.84 Å². The average Bonchev–Trinajstić information content (AvgIpc) is 2.62. The Balaban J connectivity index is 1.43. The first kappa shape index (κ1) is 16.7. The zero-order valence-electron chi connectivity index (χ0n) is 13.8. The van der Waals surface area contributed by atoms with Crippen molar-refractivity contribution in [3.63, 3.8) is 0 Å². The number of ether oxygens (including phenoxy) is 1. The van der Waals surface area contributed by atoms with Crippen LogP contribution in [-0.2, 0) is 14.3 Å². The van der Waals surface area contributed by atoms with Crippen LogP contribution in [0.25, 0.3) is 0 Å². The fraction of sp³-hybridized carbons (Fsp3) is 0.882. The summed E-state index contributed by atoms with van der Waals surface area (Å²) in [6.45, 7) is 4.08. The van der Waals surface area contributed by atoms with Crippen LogP contribution in [0.2, 0.25) is 0 Å². The van der Waals surface area contributed by atoms with E-state index in [1.54, 1.807) is 0 Å². The fourth-order valence-electron chi connectivity index (χ4n) is 4.10. The van der Waals surface area contributed by atoms with Gasteiger partial charge in [0.05, 0.1) is 5.92 Å². The lowest BCUT2D eigenvalue weighted by Crippen LogP contribution is -2.51. The van der Waals surface area contributed by atoms with E-state index < -0.39 is 5.97 Å². The second kappa shape index (κ2) is 7.62. The van der Waals surface area contributed by atoms with Gasteiger partial charge in [0.2, 0.25) is 0 Å². The molecular weight excluding hydrogens is 296 g/mol. The van der Waals surface area contributed by atoms with Gasteiger partial charge in [0.15, 0.2) is 0 Å². The highest BCUT2D eigenvalue weighted by atomic mass is 16.5. The van der Waals surface area contributed by atoms with E-state index in [9.17, 15) is 9.59 Å². The molecule has 6 heteroatoms. The molecule has 130 valence electrons. The van der Waals surface area contributed by atoms with Crippen LogP contribution in [0.1, 0.15) is 44.9 Å². The zero-order valence-corrected chi connectivity index (χ0v) is 13.8. The smallest absolute Gasteiger partial charge is 0.306 e. The Morgan fingerprint density at radius 3 is 2.17 bits per heavy atom. The molecule has 1 amide bonds. The maximum Gasteiger partial charge on any atom is 0.306 e. The van der Waals surface area contributed by atoms with Gasteiger partial charge in [-0.05, 0) is 58.0 Å². The Kier molecular flexibility index (Phi) is 5.54. The topological polar surface area (TPSA) is 70.1 Å². The predicted molar refractivity (Wildman–Crippen MR) is 85.1 cm³/mol. The first-order valence-corrected chi connectivity index (χ1v) is 9.02. The van der Waals surface area contributed by atoms with Crippen molar-refractivity contribution in [2.24, 2.45) is 5.92 Å². The van der Waals surface area contributed by atoms with Gasteiger partial charge < -0.3 is 19.6 Å². The quantitative estimate of drug-likeness (QED) is 0.848. The SMILES string of the molecule is O=C(O)C1CCN(C2CCN(C(=O)C3CCCCO3)CC2)CC1. The van der Waals surface area contributed by atoms with Crippen LogP contribution >= 0.6 is 0 Å². The molecule has 3 fully saturated rings. The average molecular weight is 324 g/mol. The molecule has 0 aromatic carbocycles. The number of nitrogens with zero attached hydrogens (tertiary/aromatic N) is 2. The summed E-state index contributed by atoms with van der Waals surface area (Å²) >= 11 is 0. The van der Waals surface area contributed by atoms with Crippen LogP contribution in [0.4, 0.5) is 0 Å². The van der Waals surface area contributed by atoms with Gasteiger partial charge in [0.25, 0.3) is 5.91 Å². The highest BCUT2D eigenvalue weighted by molar-refractivity contribution is 5.81. The van der Waals surface area contributed by atoms with E-state index in [0.29, 0.717) is 12.6 Å². The molecule has 23 heavy (non-hydrogen) atoms. The number of hydrogen-bond donors (Lipinski definition) is 1. The molecular formula is C17H28N2O4. The van der Waals surface area contributed by atoms with Crippen LogP contribution in [0, 0.1) is 5.92 Å². The molecule has 3 aliphatic rings. The van der Waals surface area contributed by atoms with Crippen molar-refractivity contribution in [3.8, 4) is 0 Å². The first-order valence-electron chi connectivity index (χ1n) is 9.02. The minimum absolute atomic E-state index is 0.170. The molecule has 1 atom stereocenters. The zero-order chi connectivity index (χ0) is 16.2. The Hall–Kier alpha value is -1.14. The van der Waals surface area contributed by atoms with Gasteiger partial charge in [-0.15, -0.1) is 0 Å². The third-order valence-electron chi connectivity index (χ3n) is 5.63. The predicted octanol–water partition coefficient (Wildman–Crippen LogP) is 1.34. The molecule has 1 unspecified atom stereocenters. The highest BCUT2D eigenvalue weighted by Crippen LogP contribution is 2.25. The van der Waals surface area contributed by atoms with Gasteiger partial charge in [-0.1, -0.05) is 0 Å². The number of carbonyl (C=O) groups excluding carboxylic acids is 1. The molecule has 0 radical (unpaired) electrons. The molecule has 0 saturated carbocycles. The molecule has 0 bridgehead atoms. The van der Waals surface area contributed by atoms with Crippen molar-refractivity contribution in [1.82, 2.24) is 9.80 Å². The minimum atomic E-state index is -0.655. The monoisotopic (exact) mass is 324 g/mol. The van der Waals surface area contributed by atoms with Crippen LogP contribution < -0.4 is 0 Å². The molecule has 3 heterocycles. The molecule has 0 aromatic rings. The first-order chi connectivity index (χ1) is 11.1. The van der Waals surface area contributed by atoms with Crippen molar-refractivity contribution in [2.45, 2.75) is 57.1 Å². The number of carboxylic acids is 1. The number of aliphatic carboxylic acids is 1. The third kappa shape index (κ3) is 4.04. The van der Waals surface area contributed by atoms with Crippen LogP contribution in [0.3, 0.4) is 0 Å². The number of amides is 1. The van der Waals surface area contributed by atoms with E-state index in [1.807, 2.05) is 4.90 Å². The van der Waals surface area contributed by atoms with E-state index in [2.05, 4.69) is 4.90 Å². The second-order valence-electron chi connectivity index (χ2n) is 7.06. The molecule has 3 saturated heterocycles. The van der Waals surface area contributed by atoms with E-state index in [-0.39, 0.29) is 17.9 Å². The van der Waals surface area contributed by atoms with E-state index >= 15 is 0 Å². The minimum Gasteiger partial charge on any atom is -0.481 e. The number of hydrogen-bond acceptors (Lipinski definition) is 4. The standard InChI is InChI=1S/C17H28N2O4/c20-16(15-3-1-2-12-23-15)19-10-6-14(7-11-19)18-8-4-13(5-9-18)17(21)22/h13-15H,1-12H2,(H,21,22). The van der Waals surface area contributed by atoms with Crippen molar-refractivity contribution < 1.29 is 19.4 Å². The van der Waals surface area contributed by atoms with Crippen molar-refractivity contribution in [1.29, 1.82) is 0 Å². The number of carboxylic acid groups (broad SMARTS) is 1. The summed E-state index contributed by atoms with van der Waals surface area (Å²) in [7, 11) is 0. The Morgan fingerprint density at radius 1 is 0.913 bits per heavy atom.